The molecule has 0 aromatic heterocycles. The van der Waals surface area contributed by atoms with E-state index in [9.17, 15) is 27.9 Å². The van der Waals surface area contributed by atoms with E-state index >= 15 is 0 Å². The lowest BCUT2D eigenvalue weighted by molar-refractivity contribution is -0.137. The van der Waals surface area contributed by atoms with Crippen molar-refractivity contribution >= 4 is 17.7 Å². The molecule has 0 bridgehead atoms. The van der Waals surface area contributed by atoms with Crippen LogP contribution in [0, 0.1) is 5.41 Å². The van der Waals surface area contributed by atoms with E-state index in [4.69, 9.17) is 4.74 Å². The Kier molecular flexibility index (Phi) is 6.49. The number of rotatable bonds is 5. The van der Waals surface area contributed by atoms with Gasteiger partial charge in [-0.2, -0.15) is 13.2 Å². The molecular formula is C25H34F3N3O4. The number of hydrogen-bond acceptors (Lipinski definition) is 5. The Balaban J connectivity index is 1.52. The van der Waals surface area contributed by atoms with Crippen LogP contribution in [0.3, 0.4) is 0 Å². The number of amides is 2. The van der Waals surface area contributed by atoms with Gasteiger partial charge in [0.05, 0.1) is 17.2 Å². The van der Waals surface area contributed by atoms with Gasteiger partial charge in [0.1, 0.15) is 5.60 Å². The zero-order valence-corrected chi connectivity index (χ0v) is 20.6. The molecule has 3 N–H and O–H groups in total. The van der Waals surface area contributed by atoms with Crippen molar-refractivity contribution in [2.24, 2.45) is 5.41 Å². The highest BCUT2D eigenvalue weighted by Gasteiger charge is 2.57. The average Bonchev–Trinajstić information content (AvgIpc) is 3.65. The van der Waals surface area contributed by atoms with E-state index in [0.29, 0.717) is 19.5 Å². The number of carbonyl (C=O) groups excluding carboxylic acids is 2. The lowest BCUT2D eigenvalue weighted by Gasteiger charge is -2.35. The number of carbonyl (C=O) groups is 2. The highest BCUT2D eigenvalue weighted by molar-refractivity contribution is 5.97. The first-order valence-electron chi connectivity index (χ1n) is 12.2. The quantitative estimate of drug-likeness (QED) is 0.541. The van der Waals surface area contributed by atoms with Gasteiger partial charge in [0.25, 0.3) is 5.91 Å². The zero-order valence-electron chi connectivity index (χ0n) is 20.6. The van der Waals surface area contributed by atoms with Crippen LogP contribution in [-0.2, 0) is 10.9 Å². The summed E-state index contributed by atoms with van der Waals surface area (Å²) in [7, 11) is 0. The van der Waals surface area contributed by atoms with Crippen molar-refractivity contribution in [3.63, 3.8) is 0 Å². The number of piperidine rings is 1. The van der Waals surface area contributed by atoms with Gasteiger partial charge in [0, 0.05) is 41.8 Å². The van der Waals surface area contributed by atoms with E-state index in [1.165, 1.54) is 6.92 Å². The van der Waals surface area contributed by atoms with E-state index < -0.39 is 41.0 Å². The second-order valence-corrected chi connectivity index (χ2v) is 11.2. The number of alkyl halides is 3. The van der Waals surface area contributed by atoms with Gasteiger partial charge in [-0.3, -0.25) is 4.79 Å². The predicted molar refractivity (Wildman–Crippen MR) is 124 cm³/mol. The molecule has 1 aromatic rings. The van der Waals surface area contributed by atoms with E-state index in [-0.39, 0.29) is 28.7 Å². The molecule has 2 saturated carbocycles. The Hall–Kier alpha value is -2.49. The largest absolute Gasteiger partial charge is 0.444 e. The molecule has 7 nitrogen and oxygen atoms in total. The molecule has 1 saturated heterocycles. The molecule has 1 spiro atoms. The number of aliphatic hydroxyl groups is 1. The number of likely N-dealkylation sites (tertiary alicyclic amines) is 1. The van der Waals surface area contributed by atoms with Gasteiger partial charge in [0.2, 0.25) is 0 Å². The summed E-state index contributed by atoms with van der Waals surface area (Å²) in [6.07, 6.45) is -2.40. The van der Waals surface area contributed by atoms with Crippen LogP contribution < -0.4 is 10.6 Å². The minimum atomic E-state index is -4.73. The molecular weight excluding hydrogens is 463 g/mol. The smallest absolute Gasteiger partial charge is 0.417 e. The number of benzene rings is 1. The normalized spacial score (nSPS) is 25.3. The predicted octanol–water partition coefficient (Wildman–Crippen LogP) is 4.85. The molecule has 1 heterocycles. The van der Waals surface area contributed by atoms with Crippen molar-refractivity contribution in [2.75, 3.05) is 18.4 Å². The first-order valence-corrected chi connectivity index (χ1v) is 12.2. The highest BCUT2D eigenvalue weighted by atomic mass is 19.4. The van der Waals surface area contributed by atoms with E-state index in [1.54, 1.807) is 25.7 Å². The van der Waals surface area contributed by atoms with E-state index in [1.807, 2.05) is 0 Å². The van der Waals surface area contributed by atoms with Crippen LogP contribution in [0.4, 0.5) is 23.7 Å². The standard InChI is InChI=1S/C25H34F3N3O4/c1-14(32)16-10-17(18(25(26,27)28)11-19(16)29-15-6-7-15)21(33)30-20-12-24(20)8-5-9-31(13-24)22(34)35-23(2,3)4/h10-11,14-15,20,29,32H,5-9,12-13H2,1-4H3,(H,30,33)/t14?,20?,24-/m0/s1. The number of aliphatic hydroxyl groups excluding tert-OH is 1. The molecule has 3 aliphatic rings. The first kappa shape index (κ1) is 25.6. The Morgan fingerprint density at radius 2 is 1.91 bits per heavy atom. The fourth-order valence-corrected chi connectivity index (χ4v) is 4.84. The van der Waals surface area contributed by atoms with Gasteiger partial charge in [-0.1, -0.05) is 0 Å². The molecule has 0 radical (unpaired) electrons. The van der Waals surface area contributed by atoms with Crippen molar-refractivity contribution in [1.82, 2.24) is 10.2 Å². The van der Waals surface area contributed by atoms with Crippen molar-refractivity contribution in [1.29, 1.82) is 0 Å². The monoisotopic (exact) mass is 497 g/mol. The van der Waals surface area contributed by atoms with Gasteiger partial charge in [-0.05, 0) is 71.9 Å². The van der Waals surface area contributed by atoms with Crippen LogP contribution in [0.2, 0.25) is 0 Å². The summed E-state index contributed by atoms with van der Waals surface area (Å²) < 4.78 is 47.2. The Labute approximate surface area is 203 Å². The second kappa shape index (κ2) is 8.87. The molecule has 194 valence electrons. The maximum atomic E-state index is 13.9. The topological polar surface area (TPSA) is 90.9 Å². The van der Waals surface area contributed by atoms with Gasteiger partial charge < -0.3 is 25.4 Å². The highest BCUT2D eigenvalue weighted by Crippen LogP contribution is 2.52. The number of anilines is 1. The summed E-state index contributed by atoms with van der Waals surface area (Å²) in [6, 6.07) is 1.83. The van der Waals surface area contributed by atoms with Crippen LogP contribution in [-0.4, -0.2) is 52.8 Å². The molecule has 2 amide bonds. The third-order valence-corrected chi connectivity index (χ3v) is 6.88. The number of nitrogens with zero attached hydrogens (tertiary/aromatic N) is 1. The van der Waals surface area contributed by atoms with Crippen LogP contribution in [0.25, 0.3) is 0 Å². The summed E-state index contributed by atoms with van der Waals surface area (Å²) in [4.78, 5) is 27.2. The zero-order chi connectivity index (χ0) is 25.8. The second-order valence-electron chi connectivity index (χ2n) is 11.2. The van der Waals surface area contributed by atoms with Gasteiger partial charge in [-0.15, -0.1) is 0 Å². The number of hydrogen-bond donors (Lipinski definition) is 3. The summed E-state index contributed by atoms with van der Waals surface area (Å²) in [5.41, 5.74) is -2.06. The Morgan fingerprint density at radius 1 is 1.23 bits per heavy atom. The van der Waals surface area contributed by atoms with Crippen molar-refractivity contribution in [3.8, 4) is 0 Å². The Bertz CT molecular complexity index is 1000. The molecule has 2 aliphatic carbocycles. The molecule has 1 aromatic carbocycles. The molecule has 3 fully saturated rings. The van der Waals surface area contributed by atoms with Crippen LogP contribution in [0.1, 0.15) is 87.4 Å². The third-order valence-electron chi connectivity index (χ3n) is 6.88. The summed E-state index contributed by atoms with van der Waals surface area (Å²) in [6.45, 7) is 7.76. The van der Waals surface area contributed by atoms with Crippen molar-refractivity contribution in [3.05, 3.63) is 28.8 Å². The fraction of sp³-hybridized carbons (Fsp3) is 0.680. The fourth-order valence-electron chi connectivity index (χ4n) is 4.84. The summed E-state index contributed by atoms with van der Waals surface area (Å²) >= 11 is 0. The maximum Gasteiger partial charge on any atom is 0.417 e. The van der Waals surface area contributed by atoms with E-state index in [0.717, 1.165) is 37.8 Å². The minimum absolute atomic E-state index is 0.0822. The number of halogens is 3. The SMILES string of the molecule is CC(O)c1cc(C(=O)NC2C[C@]23CCCN(C(=O)OC(C)(C)C)C3)c(C(F)(F)F)cc1NC1CC1. The van der Waals surface area contributed by atoms with Gasteiger partial charge in [-0.25, -0.2) is 4.79 Å². The van der Waals surface area contributed by atoms with Crippen LogP contribution >= 0.6 is 0 Å². The molecule has 2 unspecified atom stereocenters. The molecule has 1 aliphatic heterocycles. The van der Waals surface area contributed by atoms with Crippen LogP contribution in [0.15, 0.2) is 12.1 Å². The first-order chi connectivity index (χ1) is 16.2. The van der Waals surface area contributed by atoms with E-state index in [2.05, 4.69) is 10.6 Å². The summed E-state index contributed by atoms with van der Waals surface area (Å²) in [5, 5.41) is 16.0. The third kappa shape index (κ3) is 5.85. The molecule has 10 heteroatoms. The summed E-state index contributed by atoms with van der Waals surface area (Å²) in [5.74, 6) is -0.825. The van der Waals surface area contributed by atoms with Crippen molar-refractivity contribution in [2.45, 2.75) is 89.8 Å². The van der Waals surface area contributed by atoms with Crippen LogP contribution in [0.5, 0.6) is 0 Å². The number of ether oxygens (including phenoxy) is 1. The average molecular weight is 498 g/mol. The minimum Gasteiger partial charge on any atom is -0.444 e. The van der Waals surface area contributed by atoms with Crippen molar-refractivity contribution < 1.29 is 32.6 Å². The Morgan fingerprint density at radius 3 is 2.49 bits per heavy atom. The molecule has 4 rings (SSSR count). The number of nitrogens with one attached hydrogen (secondary N) is 2. The van der Waals surface area contributed by atoms with Gasteiger partial charge in [0.15, 0.2) is 0 Å². The lowest BCUT2D eigenvalue weighted by Crippen LogP contribution is -2.46. The maximum absolute atomic E-state index is 13.9. The molecule has 35 heavy (non-hydrogen) atoms. The van der Waals surface area contributed by atoms with Gasteiger partial charge >= 0.3 is 12.3 Å². The molecule has 3 atom stereocenters. The lowest BCUT2D eigenvalue weighted by atomic mass is 9.94.